The summed E-state index contributed by atoms with van der Waals surface area (Å²) in [5.74, 6) is 0.816. The van der Waals surface area contributed by atoms with Crippen molar-refractivity contribution in [3.63, 3.8) is 0 Å². The van der Waals surface area contributed by atoms with Gasteiger partial charge in [-0.1, -0.05) is 6.07 Å². The monoisotopic (exact) mass is 350 g/mol. The Kier molecular flexibility index (Phi) is 5.72. The van der Waals surface area contributed by atoms with E-state index in [2.05, 4.69) is 27.3 Å². The molecule has 0 bridgehead atoms. The van der Waals surface area contributed by atoms with Gasteiger partial charge in [0.25, 0.3) is 0 Å². The number of piperazine rings is 1. The van der Waals surface area contributed by atoms with Crippen LogP contribution in [0.5, 0.6) is 5.75 Å². The molecule has 0 spiro atoms. The number of hydrogen-bond donors (Lipinski definition) is 1. The molecule has 0 atom stereocenters. The first kappa shape index (κ1) is 17.8. The molecule has 6 heteroatoms. The summed E-state index contributed by atoms with van der Waals surface area (Å²) < 4.78 is 5.28. The maximum absolute atomic E-state index is 12.2. The Bertz CT molecular complexity index is 790. The van der Waals surface area contributed by atoms with E-state index >= 15 is 0 Å². The van der Waals surface area contributed by atoms with Crippen molar-refractivity contribution in [1.29, 1.82) is 5.26 Å². The van der Waals surface area contributed by atoms with Crippen LogP contribution in [0, 0.1) is 11.3 Å². The van der Waals surface area contributed by atoms with Crippen molar-refractivity contribution >= 4 is 17.3 Å². The van der Waals surface area contributed by atoms with Crippen LogP contribution in [0.25, 0.3) is 0 Å². The number of ether oxygens (including phenoxy) is 1. The van der Waals surface area contributed by atoms with Crippen LogP contribution in [0.2, 0.25) is 0 Å². The van der Waals surface area contributed by atoms with Gasteiger partial charge in [0.05, 0.1) is 25.3 Å². The van der Waals surface area contributed by atoms with E-state index in [1.165, 1.54) is 0 Å². The SMILES string of the molecule is COc1cccc(N2CCN(CC(=O)Nc3ccc(C#N)cc3)CC2)c1. The zero-order chi connectivity index (χ0) is 18.4. The molecule has 0 radical (unpaired) electrons. The van der Waals surface area contributed by atoms with Crippen molar-refractivity contribution in [3.8, 4) is 11.8 Å². The molecule has 1 fully saturated rings. The number of benzene rings is 2. The van der Waals surface area contributed by atoms with Gasteiger partial charge in [-0.3, -0.25) is 9.69 Å². The molecule has 2 aromatic carbocycles. The van der Waals surface area contributed by atoms with Gasteiger partial charge in [-0.2, -0.15) is 5.26 Å². The van der Waals surface area contributed by atoms with Crippen molar-refractivity contribution in [2.75, 3.05) is 50.1 Å². The summed E-state index contributed by atoms with van der Waals surface area (Å²) in [5.41, 5.74) is 2.44. The number of carbonyl (C=O) groups is 1. The molecule has 2 aromatic rings. The maximum Gasteiger partial charge on any atom is 0.238 e. The molecule has 1 aliphatic rings. The Morgan fingerprint density at radius 1 is 1.15 bits per heavy atom. The molecule has 1 heterocycles. The van der Waals surface area contributed by atoms with Crippen LogP contribution in [0.4, 0.5) is 11.4 Å². The molecule has 1 saturated heterocycles. The van der Waals surface area contributed by atoms with E-state index in [1.54, 1.807) is 31.4 Å². The van der Waals surface area contributed by atoms with Crippen LogP contribution in [0.15, 0.2) is 48.5 Å². The highest BCUT2D eigenvalue weighted by Gasteiger charge is 2.19. The quantitative estimate of drug-likeness (QED) is 0.896. The Morgan fingerprint density at radius 3 is 2.54 bits per heavy atom. The molecular weight excluding hydrogens is 328 g/mol. The largest absolute Gasteiger partial charge is 0.497 e. The summed E-state index contributed by atoms with van der Waals surface area (Å²) in [6.07, 6.45) is 0. The first-order valence-electron chi connectivity index (χ1n) is 8.59. The fourth-order valence-corrected chi connectivity index (χ4v) is 3.00. The molecule has 1 aliphatic heterocycles. The molecule has 0 saturated carbocycles. The second-order valence-electron chi connectivity index (χ2n) is 6.20. The molecule has 3 rings (SSSR count). The topological polar surface area (TPSA) is 68.6 Å². The zero-order valence-electron chi connectivity index (χ0n) is 14.8. The lowest BCUT2D eigenvalue weighted by atomic mass is 10.2. The molecule has 1 amide bonds. The summed E-state index contributed by atoms with van der Waals surface area (Å²) in [6.45, 7) is 3.77. The molecule has 0 aromatic heterocycles. The number of hydrogen-bond acceptors (Lipinski definition) is 5. The van der Waals surface area contributed by atoms with Gasteiger partial charge >= 0.3 is 0 Å². The second kappa shape index (κ2) is 8.37. The third kappa shape index (κ3) is 4.52. The number of carbonyl (C=O) groups excluding carboxylic acids is 1. The maximum atomic E-state index is 12.2. The standard InChI is InChI=1S/C20H22N4O2/c1-26-19-4-2-3-18(13-19)24-11-9-23(10-12-24)15-20(25)22-17-7-5-16(14-21)6-8-17/h2-8,13H,9-12,15H2,1H3,(H,22,25). The van der Waals surface area contributed by atoms with Gasteiger partial charge in [0.1, 0.15) is 5.75 Å². The summed E-state index contributed by atoms with van der Waals surface area (Å²) >= 11 is 0. The van der Waals surface area contributed by atoms with Gasteiger partial charge in [-0.05, 0) is 36.4 Å². The first-order chi connectivity index (χ1) is 12.7. The van der Waals surface area contributed by atoms with Crippen molar-refractivity contribution in [3.05, 3.63) is 54.1 Å². The predicted molar refractivity (Wildman–Crippen MR) is 101 cm³/mol. The minimum Gasteiger partial charge on any atom is -0.497 e. The summed E-state index contributed by atoms with van der Waals surface area (Å²) in [4.78, 5) is 16.7. The van der Waals surface area contributed by atoms with Crippen LogP contribution in [0.3, 0.4) is 0 Å². The Labute approximate surface area is 153 Å². The van der Waals surface area contributed by atoms with Crippen LogP contribution in [0.1, 0.15) is 5.56 Å². The smallest absolute Gasteiger partial charge is 0.238 e. The van der Waals surface area contributed by atoms with Gasteiger partial charge in [0.15, 0.2) is 0 Å². The van der Waals surface area contributed by atoms with E-state index < -0.39 is 0 Å². The normalized spacial score (nSPS) is 14.5. The van der Waals surface area contributed by atoms with Crippen molar-refractivity contribution in [2.45, 2.75) is 0 Å². The summed E-state index contributed by atoms with van der Waals surface area (Å²) in [6, 6.07) is 17.0. The molecule has 0 unspecified atom stereocenters. The second-order valence-corrected chi connectivity index (χ2v) is 6.20. The van der Waals surface area contributed by atoms with Crippen molar-refractivity contribution in [2.24, 2.45) is 0 Å². The molecule has 6 nitrogen and oxygen atoms in total. The third-order valence-electron chi connectivity index (χ3n) is 4.46. The average Bonchev–Trinajstić information content (AvgIpc) is 2.69. The number of rotatable bonds is 5. The van der Waals surface area contributed by atoms with E-state index in [9.17, 15) is 4.79 Å². The minimum atomic E-state index is -0.0375. The van der Waals surface area contributed by atoms with Gasteiger partial charge in [0.2, 0.25) is 5.91 Å². The molecule has 0 aliphatic carbocycles. The van der Waals surface area contributed by atoms with Crippen molar-refractivity contribution in [1.82, 2.24) is 4.90 Å². The van der Waals surface area contributed by atoms with Crippen LogP contribution in [-0.4, -0.2) is 50.6 Å². The highest BCUT2D eigenvalue weighted by atomic mass is 16.5. The fourth-order valence-electron chi connectivity index (χ4n) is 3.00. The minimum absolute atomic E-state index is 0.0375. The Hall–Kier alpha value is -3.04. The number of amides is 1. The average molecular weight is 350 g/mol. The zero-order valence-corrected chi connectivity index (χ0v) is 14.8. The van der Waals surface area contributed by atoms with Crippen molar-refractivity contribution < 1.29 is 9.53 Å². The van der Waals surface area contributed by atoms with E-state index in [0.29, 0.717) is 17.8 Å². The van der Waals surface area contributed by atoms with Crippen LogP contribution >= 0.6 is 0 Å². The van der Waals surface area contributed by atoms with Crippen LogP contribution in [-0.2, 0) is 4.79 Å². The third-order valence-corrected chi connectivity index (χ3v) is 4.46. The Morgan fingerprint density at radius 2 is 1.88 bits per heavy atom. The van der Waals surface area contributed by atoms with Gasteiger partial charge in [-0.25, -0.2) is 0 Å². The van der Waals surface area contributed by atoms with E-state index in [4.69, 9.17) is 10.00 Å². The van der Waals surface area contributed by atoms with Gasteiger partial charge < -0.3 is 15.0 Å². The van der Waals surface area contributed by atoms with Gasteiger partial charge in [-0.15, -0.1) is 0 Å². The lowest BCUT2D eigenvalue weighted by molar-refractivity contribution is -0.117. The highest BCUT2D eigenvalue weighted by molar-refractivity contribution is 5.92. The van der Waals surface area contributed by atoms with Crippen LogP contribution < -0.4 is 15.0 Å². The lowest BCUT2D eigenvalue weighted by Gasteiger charge is -2.35. The molecule has 26 heavy (non-hydrogen) atoms. The number of nitrogens with one attached hydrogen (secondary N) is 1. The van der Waals surface area contributed by atoms with Gasteiger partial charge in [0, 0.05) is 43.6 Å². The number of anilines is 2. The fraction of sp³-hybridized carbons (Fsp3) is 0.300. The molecule has 1 N–H and O–H groups in total. The lowest BCUT2D eigenvalue weighted by Crippen LogP contribution is -2.48. The molecular formula is C20H22N4O2. The summed E-state index contributed by atoms with van der Waals surface area (Å²) in [5, 5.41) is 11.7. The Balaban J connectivity index is 1.48. The van der Waals surface area contributed by atoms with E-state index in [1.807, 2.05) is 18.2 Å². The summed E-state index contributed by atoms with van der Waals surface area (Å²) in [7, 11) is 1.67. The van der Waals surface area contributed by atoms with E-state index in [0.717, 1.165) is 37.6 Å². The first-order valence-corrected chi connectivity index (χ1v) is 8.59. The number of methoxy groups -OCH3 is 1. The van der Waals surface area contributed by atoms with E-state index in [-0.39, 0.29) is 5.91 Å². The predicted octanol–water partition coefficient (Wildman–Crippen LogP) is 2.33. The number of nitriles is 1. The number of nitrogens with zero attached hydrogens (tertiary/aromatic N) is 3. The highest BCUT2D eigenvalue weighted by Crippen LogP contribution is 2.22. The molecule has 134 valence electrons.